The molecule has 14 heteroatoms. The molecule has 230 valence electrons. The Bertz CT molecular complexity index is 2260. The zero-order chi connectivity index (χ0) is 32.6. The van der Waals surface area contributed by atoms with Crippen molar-refractivity contribution in [2.75, 3.05) is 0 Å². The summed E-state index contributed by atoms with van der Waals surface area (Å²) < 4.78 is 67.1. The lowest BCUT2D eigenvalue weighted by Crippen LogP contribution is -1.99. The maximum atomic E-state index is 11.9. The quantitative estimate of drug-likeness (QED) is 0.0971. The molecule has 46 heavy (non-hydrogen) atoms. The summed E-state index contributed by atoms with van der Waals surface area (Å²) in [5.41, 5.74) is 2.24. The fraction of sp³-hybridized carbons (Fsp3) is 0. The van der Waals surface area contributed by atoms with Crippen molar-refractivity contribution in [1.82, 2.24) is 0 Å². The van der Waals surface area contributed by atoms with Gasteiger partial charge in [0.25, 0.3) is 20.2 Å². The van der Waals surface area contributed by atoms with E-state index in [0.717, 1.165) is 11.1 Å². The molecular formula is C32H22N4O8S2. The lowest BCUT2D eigenvalue weighted by Gasteiger charge is -2.08. The normalized spacial score (nSPS) is 12.5. The minimum Gasteiger partial charge on any atom is -0.506 e. The summed E-state index contributed by atoms with van der Waals surface area (Å²) in [7, 11) is -9.19. The van der Waals surface area contributed by atoms with Crippen LogP contribution in [0.2, 0.25) is 0 Å². The molecule has 0 radical (unpaired) electrons. The molecule has 0 aliphatic carbocycles. The molecule has 0 aliphatic heterocycles. The van der Waals surface area contributed by atoms with Crippen LogP contribution in [0, 0.1) is 0 Å². The van der Waals surface area contributed by atoms with Gasteiger partial charge in [-0.25, -0.2) is 0 Å². The second kappa shape index (κ2) is 11.8. The van der Waals surface area contributed by atoms with E-state index in [4.69, 9.17) is 0 Å². The van der Waals surface area contributed by atoms with Crippen LogP contribution in [0.3, 0.4) is 0 Å². The molecule has 0 heterocycles. The number of rotatable bonds is 7. The molecule has 0 aromatic heterocycles. The molecule has 0 fully saturated rings. The number of aromatic hydroxyl groups is 2. The van der Waals surface area contributed by atoms with Crippen molar-refractivity contribution in [1.29, 1.82) is 0 Å². The highest BCUT2D eigenvalue weighted by atomic mass is 32.2. The van der Waals surface area contributed by atoms with Gasteiger partial charge in [0.2, 0.25) is 0 Å². The van der Waals surface area contributed by atoms with E-state index in [-0.39, 0.29) is 33.6 Å². The van der Waals surface area contributed by atoms with Gasteiger partial charge in [0, 0.05) is 10.8 Å². The van der Waals surface area contributed by atoms with E-state index in [1.807, 2.05) is 0 Å². The van der Waals surface area contributed by atoms with Crippen molar-refractivity contribution in [2.24, 2.45) is 20.5 Å². The van der Waals surface area contributed by atoms with Crippen molar-refractivity contribution in [3.05, 3.63) is 109 Å². The summed E-state index contributed by atoms with van der Waals surface area (Å²) >= 11 is 0. The molecule has 0 saturated carbocycles. The topological polar surface area (TPSA) is 199 Å². The molecule has 0 spiro atoms. The molecule has 0 saturated heterocycles. The standard InChI is InChI=1S/C32H22N4O8S2/c37-25-17-11-21-3-1-5-27(45(39,40)41)29(21)31(25)35-33-23-13-7-19(8-14-23)20-9-15-24(16-10-20)34-36-32-26(38)18-12-22-4-2-6-28(30(22)32)46(42,43)44/h1-18,37-38H,(H,39,40,41)(H,42,43,44). The van der Waals surface area contributed by atoms with Crippen molar-refractivity contribution in [2.45, 2.75) is 9.79 Å². The molecule has 0 atom stereocenters. The summed E-state index contributed by atoms with van der Waals surface area (Å²) in [6.07, 6.45) is 0. The lowest BCUT2D eigenvalue weighted by atomic mass is 10.1. The molecule has 0 aliphatic rings. The van der Waals surface area contributed by atoms with E-state index in [0.29, 0.717) is 22.1 Å². The second-order valence-corrected chi connectivity index (χ2v) is 12.8. The predicted octanol–water partition coefficient (Wildman–Crippen LogP) is 8.40. The first-order valence-corrected chi connectivity index (χ1v) is 16.3. The molecule has 0 bridgehead atoms. The number of azo groups is 2. The van der Waals surface area contributed by atoms with Gasteiger partial charge >= 0.3 is 0 Å². The van der Waals surface area contributed by atoms with Crippen molar-refractivity contribution >= 4 is 64.5 Å². The van der Waals surface area contributed by atoms with Crippen LogP contribution in [0.25, 0.3) is 32.7 Å². The van der Waals surface area contributed by atoms with Crippen LogP contribution in [-0.2, 0) is 20.2 Å². The molecule has 6 rings (SSSR count). The average molecular weight is 655 g/mol. The van der Waals surface area contributed by atoms with E-state index in [2.05, 4.69) is 20.5 Å². The minimum absolute atomic E-state index is 0.0390. The van der Waals surface area contributed by atoms with Crippen LogP contribution < -0.4 is 0 Å². The van der Waals surface area contributed by atoms with Gasteiger partial charge in [0.15, 0.2) is 0 Å². The van der Waals surface area contributed by atoms with E-state index < -0.39 is 30.0 Å². The van der Waals surface area contributed by atoms with Gasteiger partial charge in [-0.05, 0) is 70.4 Å². The Morgan fingerprint density at radius 1 is 0.435 bits per heavy atom. The van der Waals surface area contributed by atoms with Crippen molar-refractivity contribution in [3.63, 3.8) is 0 Å². The molecule has 6 aromatic carbocycles. The number of phenols is 2. The largest absolute Gasteiger partial charge is 0.506 e. The zero-order valence-corrected chi connectivity index (χ0v) is 25.1. The molecule has 6 aromatic rings. The highest BCUT2D eigenvalue weighted by Gasteiger charge is 2.20. The van der Waals surface area contributed by atoms with Gasteiger partial charge in [-0.15, -0.1) is 10.2 Å². The first kappa shape index (κ1) is 30.5. The number of phenolic OH excluding ortho intramolecular Hbond substituents is 2. The number of hydrogen-bond acceptors (Lipinski definition) is 10. The SMILES string of the molecule is O=S(=O)(O)c1cccc2ccc(O)c(N=Nc3ccc(-c4ccc(N=Nc5c(O)ccc6cccc(S(=O)(=O)O)c56)cc4)cc3)c12. The Morgan fingerprint density at radius 3 is 1.15 bits per heavy atom. The van der Waals surface area contributed by atoms with Crippen molar-refractivity contribution < 1.29 is 36.2 Å². The third-order valence-corrected chi connectivity index (χ3v) is 8.86. The van der Waals surface area contributed by atoms with Gasteiger partial charge in [0.05, 0.1) is 11.4 Å². The summed E-state index contributed by atoms with van der Waals surface area (Å²) in [6, 6.07) is 28.2. The Kier molecular flexibility index (Phi) is 7.79. The maximum absolute atomic E-state index is 11.9. The number of fused-ring (bicyclic) bond motifs is 2. The zero-order valence-electron chi connectivity index (χ0n) is 23.4. The van der Waals surface area contributed by atoms with Gasteiger partial charge in [0.1, 0.15) is 32.7 Å². The van der Waals surface area contributed by atoms with Gasteiger partial charge in [-0.1, -0.05) is 60.7 Å². The summed E-state index contributed by atoms with van der Waals surface area (Å²) in [6.45, 7) is 0. The summed E-state index contributed by atoms with van der Waals surface area (Å²) in [4.78, 5) is -0.796. The number of nitrogens with zero attached hydrogens (tertiary/aromatic N) is 4. The van der Waals surface area contributed by atoms with Crippen molar-refractivity contribution in [3.8, 4) is 22.6 Å². The Balaban J connectivity index is 1.25. The van der Waals surface area contributed by atoms with E-state index in [9.17, 15) is 36.2 Å². The molecular weight excluding hydrogens is 633 g/mol. The maximum Gasteiger partial charge on any atom is 0.295 e. The first-order chi connectivity index (χ1) is 21.9. The highest BCUT2D eigenvalue weighted by molar-refractivity contribution is 7.86. The monoisotopic (exact) mass is 654 g/mol. The molecule has 0 unspecified atom stereocenters. The number of hydrogen-bond donors (Lipinski definition) is 4. The van der Waals surface area contributed by atoms with Gasteiger partial charge in [-0.2, -0.15) is 27.1 Å². The van der Waals surface area contributed by atoms with E-state index in [1.54, 1.807) is 60.7 Å². The van der Waals surface area contributed by atoms with E-state index in [1.165, 1.54) is 48.5 Å². The Morgan fingerprint density at radius 2 is 0.804 bits per heavy atom. The van der Waals surface area contributed by atoms with Crippen LogP contribution in [0.5, 0.6) is 11.5 Å². The van der Waals surface area contributed by atoms with Crippen LogP contribution in [0.15, 0.2) is 139 Å². The smallest absolute Gasteiger partial charge is 0.295 e. The van der Waals surface area contributed by atoms with Crippen LogP contribution >= 0.6 is 0 Å². The third kappa shape index (κ3) is 6.05. The van der Waals surface area contributed by atoms with Crippen LogP contribution in [0.4, 0.5) is 22.7 Å². The third-order valence-electron chi connectivity index (χ3n) is 7.07. The highest BCUT2D eigenvalue weighted by Crippen LogP contribution is 2.41. The fourth-order valence-corrected chi connectivity index (χ4v) is 6.37. The second-order valence-electron chi connectivity index (χ2n) is 10.0. The average Bonchev–Trinajstić information content (AvgIpc) is 3.03. The van der Waals surface area contributed by atoms with Crippen LogP contribution in [-0.4, -0.2) is 36.2 Å². The number of benzene rings is 6. The summed E-state index contributed by atoms with van der Waals surface area (Å²) in [5, 5.41) is 38.3. The van der Waals surface area contributed by atoms with E-state index >= 15 is 0 Å². The fourth-order valence-electron chi connectivity index (χ4n) is 4.92. The van der Waals surface area contributed by atoms with Gasteiger partial charge in [-0.3, -0.25) is 9.11 Å². The van der Waals surface area contributed by atoms with Crippen LogP contribution in [0.1, 0.15) is 0 Å². The summed E-state index contributed by atoms with van der Waals surface area (Å²) in [5.74, 6) is -0.619. The lowest BCUT2D eigenvalue weighted by molar-refractivity contribution is 0.475. The predicted molar refractivity (Wildman–Crippen MR) is 171 cm³/mol. The molecule has 4 N–H and O–H groups in total. The van der Waals surface area contributed by atoms with Gasteiger partial charge < -0.3 is 10.2 Å². The Hall–Kier alpha value is -5.54. The molecule has 0 amide bonds. The minimum atomic E-state index is -4.59. The molecule has 12 nitrogen and oxygen atoms in total. The first-order valence-electron chi connectivity index (χ1n) is 13.4. The Labute approximate surface area is 262 Å².